The lowest BCUT2D eigenvalue weighted by Gasteiger charge is -2.09. The van der Waals surface area contributed by atoms with Crippen LogP contribution < -0.4 is 0 Å². The third-order valence-electron chi connectivity index (χ3n) is 3.29. The number of allylic oxidation sites excluding steroid dienone is 2. The van der Waals surface area contributed by atoms with Gasteiger partial charge < -0.3 is 0 Å². The third-order valence-corrected chi connectivity index (χ3v) is 3.29. The molecule has 0 aromatic heterocycles. The lowest BCUT2D eigenvalue weighted by atomic mass is 9.97. The van der Waals surface area contributed by atoms with Gasteiger partial charge in [0.1, 0.15) is 0 Å². The summed E-state index contributed by atoms with van der Waals surface area (Å²) in [4.78, 5) is 0. The summed E-state index contributed by atoms with van der Waals surface area (Å²) in [5.74, 6) is 0.640. The Balaban J connectivity index is 2.48. The van der Waals surface area contributed by atoms with Gasteiger partial charge in [-0.3, -0.25) is 0 Å². The molecule has 0 saturated carbocycles. The van der Waals surface area contributed by atoms with Crippen molar-refractivity contribution in [3.63, 3.8) is 0 Å². The van der Waals surface area contributed by atoms with Gasteiger partial charge >= 0.3 is 0 Å². The van der Waals surface area contributed by atoms with Gasteiger partial charge in [0.2, 0.25) is 0 Å². The summed E-state index contributed by atoms with van der Waals surface area (Å²) in [7, 11) is 0. The van der Waals surface area contributed by atoms with E-state index in [-0.39, 0.29) is 0 Å². The van der Waals surface area contributed by atoms with Gasteiger partial charge in [-0.2, -0.15) is 0 Å². The highest BCUT2D eigenvalue weighted by Crippen LogP contribution is 2.26. The normalized spacial score (nSPS) is 14.6. The van der Waals surface area contributed by atoms with Crippen LogP contribution in [0.25, 0.3) is 12.2 Å². The first-order valence-corrected chi connectivity index (χ1v) is 6.20. The van der Waals surface area contributed by atoms with E-state index in [0.717, 1.165) is 12.8 Å². The lowest BCUT2D eigenvalue weighted by Crippen LogP contribution is -1.92. The van der Waals surface area contributed by atoms with Crippen LogP contribution in [-0.4, -0.2) is 0 Å². The highest BCUT2D eigenvalue weighted by Gasteiger charge is 2.07. The molecule has 0 bridgehead atoms. The summed E-state index contributed by atoms with van der Waals surface area (Å²) in [6.45, 7) is 6.75. The highest BCUT2D eigenvalue weighted by atomic mass is 14.1. The first-order valence-electron chi connectivity index (χ1n) is 6.20. The molecule has 0 N–H and O–H groups in total. The van der Waals surface area contributed by atoms with Crippen LogP contribution in [0.4, 0.5) is 0 Å². The number of aryl methyl sites for hydroxylation is 1. The zero-order valence-electron chi connectivity index (χ0n) is 10.5. The molecule has 16 heavy (non-hydrogen) atoms. The maximum absolute atomic E-state index is 2.37. The quantitative estimate of drug-likeness (QED) is 0.666. The number of benzene rings is 1. The van der Waals surface area contributed by atoms with Crippen LogP contribution in [0.15, 0.2) is 29.8 Å². The Hall–Kier alpha value is -1.30. The monoisotopic (exact) mass is 212 g/mol. The fourth-order valence-corrected chi connectivity index (χ4v) is 2.10. The number of rotatable bonds is 2. The standard InChI is InChI=1S/C16H20/c1-4-13-8-9-14-6-5-7-15(12(2)3)11-16(14)10-13/h5-6,8-12H,4,7H2,1-3H3. The summed E-state index contributed by atoms with van der Waals surface area (Å²) < 4.78 is 0. The second kappa shape index (κ2) is 4.69. The Morgan fingerprint density at radius 2 is 2.00 bits per heavy atom. The van der Waals surface area contributed by atoms with Gasteiger partial charge in [-0.25, -0.2) is 0 Å². The van der Waals surface area contributed by atoms with E-state index >= 15 is 0 Å². The second-order valence-corrected chi connectivity index (χ2v) is 4.80. The van der Waals surface area contributed by atoms with Crippen molar-refractivity contribution in [3.05, 3.63) is 46.5 Å². The van der Waals surface area contributed by atoms with Crippen LogP contribution in [0, 0.1) is 5.92 Å². The summed E-state index contributed by atoms with van der Waals surface area (Å²) in [6, 6.07) is 6.80. The number of hydrogen-bond donors (Lipinski definition) is 0. The van der Waals surface area contributed by atoms with Crippen molar-refractivity contribution >= 4 is 12.2 Å². The Labute approximate surface area is 98.7 Å². The first-order chi connectivity index (χ1) is 7.70. The average molecular weight is 212 g/mol. The maximum Gasteiger partial charge on any atom is -0.0130 e. The molecule has 0 unspecified atom stereocenters. The molecule has 2 rings (SSSR count). The fraction of sp³-hybridized carbons (Fsp3) is 0.375. The van der Waals surface area contributed by atoms with E-state index in [4.69, 9.17) is 0 Å². The van der Waals surface area contributed by atoms with Gasteiger partial charge in [0, 0.05) is 0 Å². The van der Waals surface area contributed by atoms with Crippen molar-refractivity contribution in [2.45, 2.75) is 33.6 Å². The minimum Gasteiger partial charge on any atom is -0.0798 e. The molecular weight excluding hydrogens is 192 g/mol. The Morgan fingerprint density at radius 1 is 1.19 bits per heavy atom. The summed E-state index contributed by atoms with van der Waals surface area (Å²) in [5.41, 5.74) is 5.70. The molecule has 0 heterocycles. The molecule has 0 radical (unpaired) electrons. The van der Waals surface area contributed by atoms with Crippen LogP contribution in [0.5, 0.6) is 0 Å². The van der Waals surface area contributed by atoms with Crippen molar-refractivity contribution in [2.24, 2.45) is 5.92 Å². The highest BCUT2D eigenvalue weighted by molar-refractivity contribution is 5.70. The fourth-order valence-electron chi connectivity index (χ4n) is 2.10. The topological polar surface area (TPSA) is 0 Å². The summed E-state index contributed by atoms with van der Waals surface area (Å²) >= 11 is 0. The maximum atomic E-state index is 2.37. The van der Waals surface area contributed by atoms with E-state index in [9.17, 15) is 0 Å². The molecule has 0 nitrogen and oxygen atoms in total. The van der Waals surface area contributed by atoms with Crippen LogP contribution in [0.3, 0.4) is 0 Å². The minimum atomic E-state index is 0.640. The minimum absolute atomic E-state index is 0.640. The van der Waals surface area contributed by atoms with E-state index in [1.165, 1.54) is 22.3 Å². The van der Waals surface area contributed by atoms with Crippen molar-refractivity contribution in [1.29, 1.82) is 0 Å². The van der Waals surface area contributed by atoms with Gasteiger partial charge in [0.05, 0.1) is 0 Å². The first kappa shape index (κ1) is 11.2. The summed E-state index contributed by atoms with van der Waals surface area (Å²) in [5, 5.41) is 0. The smallest absolute Gasteiger partial charge is 0.0130 e. The molecule has 0 spiro atoms. The lowest BCUT2D eigenvalue weighted by molar-refractivity contribution is 0.755. The van der Waals surface area contributed by atoms with Gasteiger partial charge in [-0.1, -0.05) is 62.8 Å². The van der Waals surface area contributed by atoms with Gasteiger partial charge in [0.15, 0.2) is 0 Å². The van der Waals surface area contributed by atoms with Gasteiger partial charge in [0.25, 0.3) is 0 Å². The molecule has 0 amide bonds. The van der Waals surface area contributed by atoms with Gasteiger partial charge in [-0.05, 0) is 35.4 Å². The van der Waals surface area contributed by atoms with Crippen molar-refractivity contribution < 1.29 is 0 Å². The zero-order valence-corrected chi connectivity index (χ0v) is 10.5. The molecule has 0 aliphatic heterocycles. The van der Waals surface area contributed by atoms with Gasteiger partial charge in [-0.15, -0.1) is 0 Å². The predicted octanol–water partition coefficient (Wildman–Crippen LogP) is 4.71. The van der Waals surface area contributed by atoms with Crippen LogP contribution in [-0.2, 0) is 6.42 Å². The Kier molecular flexibility index (Phi) is 3.28. The molecule has 0 fully saturated rings. The molecule has 0 atom stereocenters. The predicted molar refractivity (Wildman–Crippen MR) is 72.3 cm³/mol. The van der Waals surface area contributed by atoms with E-state index in [1.54, 1.807) is 0 Å². The molecular formula is C16H20. The van der Waals surface area contributed by atoms with E-state index in [2.05, 4.69) is 57.2 Å². The van der Waals surface area contributed by atoms with Crippen LogP contribution in [0.2, 0.25) is 0 Å². The van der Waals surface area contributed by atoms with E-state index in [1.807, 2.05) is 0 Å². The van der Waals surface area contributed by atoms with Crippen LogP contribution in [0.1, 0.15) is 43.9 Å². The van der Waals surface area contributed by atoms with E-state index in [0.29, 0.717) is 5.92 Å². The molecule has 1 aromatic rings. The number of fused-ring (bicyclic) bond motifs is 1. The number of hydrogen-bond acceptors (Lipinski definition) is 0. The molecule has 1 aliphatic carbocycles. The van der Waals surface area contributed by atoms with Crippen LogP contribution >= 0.6 is 0 Å². The molecule has 1 aromatic carbocycles. The van der Waals surface area contributed by atoms with E-state index < -0.39 is 0 Å². The Bertz CT molecular complexity index is 433. The average Bonchev–Trinajstić information content (AvgIpc) is 2.49. The van der Waals surface area contributed by atoms with Crippen molar-refractivity contribution in [1.82, 2.24) is 0 Å². The molecule has 84 valence electrons. The molecule has 1 aliphatic rings. The van der Waals surface area contributed by atoms with Crippen molar-refractivity contribution in [2.75, 3.05) is 0 Å². The molecule has 0 heteroatoms. The zero-order chi connectivity index (χ0) is 11.5. The third kappa shape index (κ3) is 2.27. The van der Waals surface area contributed by atoms with Crippen molar-refractivity contribution in [3.8, 4) is 0 Å². The second-order valence-electron chi connectivity index (χ2n) is 4.80. The molecule has 0 saturated heterocycles. The summed E-state index contributed by atoms with van der Waals surface area (Å²) in [6.07, 6.45) is 9.11. The largest absolute Gasteiger partial charge is 0.0798 e. The Morgan fingerprint density at radius 3 is 2.69 bits per heavy atom. The SMILES string of the molecule is CCc1ccc2c(c1)C=C(C(C)C)CC=C2.